The molecule has 1 saturated heterocycles. The van der Waals surface area contributed by atoms with Gasteiger partial charge in [0.25, 0.3) is 0 Å². The Hall–Kier alpha value is -2.90. The Morgan fingerprint density at radius 3 is 2.79 bits per heavy atom. The average Bonchev–Trinajstić information content (AvgIpc) is 3.25. The fraction of sp³-hybridized carbons (Fsp3) is 0.462. The first kappa shape index (κ1) is 24.7. The molecule has 0 spiro atoms. The summed E-state index contributed by atoms with van der Waals surface area (Å²) in [5.74, 6) is 0.789. The normalized spacial score (nSPS) is 14.2. The van der Waals surface area contributed by atoms with E-state index in [1.807, 2.05) is 29.2 Å². The van der Waals surface area contributed by atoms with Gasteiger partial charge in [0.1, 0.15) is 12.4 Å². The molecule has 0 unspecified atom stereocenters. The number of allylic oxidation sites excluding steroid dienone is 1. The van der Waals surface area contributed by atoms with Gasteiger partial charge in [-0.1, -0.05) is 42.5 Å². The highest BCUT2D eigenvalue weighted by atomic mass is 16.5. The molecule has 33 heavy (non-hydrogen) atoms. The molecule has 0 atom stereocenters. The largest absolute Gasteiger partial charge is 0.489 e. The van der Waals surface area contributed by atoms with Crippen LogP contribution in [-0.2, 0) is 9.59 Å². The minimum Gasteiger partial charge on any atom is -0.489 e. The van der Waals surface area contributed by atoms with Gasteiger partial charge in [0, 0.05) is 37.9 Å². The number of rotatable bonds is 14. The third-order valence-corrected chi connectivity index (χ3v) is 5.88. The van der Waals surface area contributed by atoms with Crippen LogP contribution in [0.5, 0.6) is 5.75 Å². The van der Waals surface area contributed by atoms with E-state index in [4.69, 9.17) is 9.94 Å². The van der Waals surface area contributed by atoms with Crippen molar-refractivity contribution >= 4 is 22.6 Å². The third-order valence-electron chi connectivity index (χ3n) is 5.88. The highest BCUT2D eigenvalue weighted by molar-refractivity contribution is 5.88. The Labute approximate surface area is 195 Å². The second-order valence-corrected chi connectivity index (χ2v) is 8.42. The molecule has 1 fully saturated rings. The molecule has 2 amide bonds. The lowest BCUT2D eigenvalue weighted by Gasteiger charge is -2.16. The number of nitrogens with one attached hydrogen (secondary N) is 2. The quantitative estimate of drug-likeness (QED) is 0.175. The summed E-state index contributed by atoms with van der Waals surface area (Å²) in [6, 6.07) is 14.3. The summed E-state index contributed by atoms with van der Waals surface area (Å²) in [4.78, 5) is 24.8. The lowest BCUT2D eigenvalue weighted by Crippen LogP contribution is -2.29. The first-order chi connectivity index (χ1) is 16.2. The average molecular weight is 454 g/mol. The number of unbranched alkanes of at least 4 members (excludes halogenated alkanes) is 2. The Balaban J connectivity index is 1.49. The van der Waals surface area contributed by atoms with E-state index in [-0.39, 0.29) is 11.8 Å². The molecule has 1 aliphatic heterocycles. The van der Waals surface area contributed by atoms with Crippen LogP contribution < -0.4 is 15.5 Å². The number of hydrogen-bond acceptors (Lipinski definition) is 5. The summed E-state index contributed by atoms with van der Waals surface area (Å²) in [6.07, 6.45) is 7.52. The van der Waals surface area contributed by atoms with Crippen molar-refractivity contribution in [3.8, 4) is 5.75 Å². The van der Waals surface area contributed by atoms with E-state index in [0.29, 0.717) is 19.4 Å². The number of carbonyl (C=O) groups excluding carboxylic acids is 2. The van der Waals surface area contributed by atoms with Crippen LogP contribution in [0.1, 0.15) is 44.9 Å². The lowest BCUT2D eigenvalue weighted by molar-refractivity contribution is -0.129. The molecule has 0 radical (unpaired) electrons. The van der Waals surface area contributed by atoms with E-state index in [0.717, 1.165) is 80.4 Å². The van der Waals surface area contributed by atoms with Crippen LogP contribution in [0.15, 0.2) is 54.1 Å². The van der Waals surface area contributed by atoms with Crippen LogP contribution in [0.2, 0.25) is 0 Å². The maximum Gasteiger partial charge on any atom is 0.243 e. The predicted octanol–water partition coefficient (Wildman–Crippen LogP) is 3.81. The topological polar surface area (TPSA) is 90.9 Å². The first-order valence-electron chi connectivity index (χ1n) is 11.9. The predicted molar refractivity (Wildman–Crippen MR) is 129 cm³/mol. The van der Waals surface area contributed by atoms with Crippen molar-refractivity contribution in [3.63, 3.8) is 0 Å². The van der Waals surface area contributed by atoms with Crippen molar-refractivity contribution in [3.05, 3.63) is 54.1 Å². The number of ether oxygens (including phenoxy) is 1. The second-order valence-electron chi connectivity index (χ2n) is 8.42. The van der Waals surface area contributed by atoms with Crippen molar-refractivity contribution in [2.24, 2.45) is 0 Å². The minimum atomic E-state index is -0.350. The molecule has 0 aromatic heterocycles. The highest BCUT2D eigenvalue weighted by Crippen LogP contribution is 2.25. The molecule has 0 saturated carbocycles. The molecule has 7 heteroatoms. The smallest absolute Gasteiger partial charge is 0.243 e. The van der Waals surface area contributed by atoms with Gasteiger partial charge in [-0.25, -0.2) is 5.48 Å². The van der Waals surface area contributed by atoms with Gasteiger partial charge in [-0.05, 0) is 55.7 Å². The van der Waals surface area contributed by atoms with Crippen molar-refractivity contribution in [1.29, 1.82) is 0 Å². The fourth-order valence-electron chi connectivity index (χ4n) is 4.05. The number of carbonyl (C=O) groups is 2. The summed E-state index contributed by atoms with van der Waals surface area (Å²) in [5.41, 5.74) is 2.83. The Morgan fingerprint density at radius 1 is 1.12 bits per heavy atom. The number of hydrogen-bond donors (Lipinski definition) is 3. The molecule has 0 aliphatic carbocycles. The van der Waals surface area contributed by atoms with Crippen molar-refractivity contribution in [2.45, 2.75) is 44.9 Å². The van der Waals surface area contributed by atoms with E-state index in [9.17, 15) is 9.59 Å². The van der Waals surface area contributed by atoms with Crippen LogP contribution in [0, 0.1) is 0 Å². The molecule has 7 nitrogen and oxygen atoms in total. The van der Waals surface area contributed by atoms with Crippen LogP contribution in [-0.4, -0.2) is 54.7 Å². The number of fused-ring (bicyclic) bond motifs is 1. The highest BCUT2D eigenvalue weighted by Gasteiger charge is 2.18. The van der Waals surface area contributed by atoms with Gasteiger partial charge in [-0.3, -0.25) is 14.8 Å². The molecule has 178 valence electrons. The standard InChI is InChI=1S/C26H35N3O4/c30-25(28-32)14-3-1-2-9-21(19-27-16-8-18-29-17-7-15-26(29)31)20-33-24-13-6-11-22-10-4-5-12-23(22)24/h4-6,9-13,27,32H,1-3,7-8,14-20H2,(H,28,30)/b21-9-. The van der Waals surface area contributed by atoms with Gasteiger partial charge in [0.05, 0.1) is 0 Å². The monoisotopic (exact) mass is 453 g/mol. The summed E-state index contributed by atoms with van der Waals surface area (Å²) in [7, 11) is 0. The molecule has 1 aliphatic rings. The first-order valence-corrected chi connectivity index (χ1v) is 11.9. The Kier molecular flexibility index (Phi) is 10.2. The molecule has 3 N–H and O–H groups in total. The van der Waals surface area contributed by atoms with Crippen molar-refractivity contribution < 1.29 is 19.5 Å². The molecule has 0 bridgehead atoms. The zero-order valence-electron chi connectivity index (χ0n) is 19.2. The molecular weight excluding hydrogens is 418 g/mol. The molecule has 2 aromatic rings. The Bertz CT molecular complexity index is 939. The van der Waals surface area contributed by atoms with Crippen molar-refractivity contribution in [1.82, 2.24) is 15.7 Å². The summed E-state index contributed by atoms with van der Waals surface area (Å²) >= 11 is 0. The number of amides is 2. The van der Waals surface area contributed by atoms with Gasteiger partial charge < -0.3 is 15.0 Å². The second kappa shape index (κ2) is 13.6. The van der Waals surface area contributed by atoms with Crippen molar-refractivity contribution in [2.75, 3.05) is 32.8 Å². The van der Waals surface area contributed by atoms with Gasteiger partial charge >= 0.3 is 0 Å². The van der Waals surface area contributed by atoms with E-state index < -0.39 is 0 Å². The van der Waals surface area contributed by atoms with E-state index in [1.54, 1.807) is 5.48 Å². The number of likely N-dealkylation sites (tertiary alicyclic amines) is 1. The van der Waals surface area contributed by atoms with E-state index in [2.05, 4.69) is 29.6 Å². The van der Waals surface area contributed by atoms with Gasteiger partial charge in [-0.2, -0.15) is 0 Å². The molecular formula is C26H35N3O4. The maximum absolute atomic E-state index is 11.7. The number of hydroxylamine groups is 1. The van der Waals surface area contributed by atoms with Gasteiger partial charge in [-0.15, -0.1) is 0 Å². The molecule has 2 aromatic carbocycles. The zero-order valence-corrected chi connectivity index (χ0v) is 19.2. The zero-order chi connectivity index (χ0) is 23.3. The SMILES string of the molecule is O=C(CCCC/C=C(/CNCCCN1CCCC1=O)COc1cccc2ccccc12)NO. The summed E-state index contributed by atoms with van der Waals surface area (Å²) in [5, 5.41) is 14.3. The molecule has 3 rings (SSSR count). The van der Waals surface area contributed by atoms with Crippen LogP contribution in [0.25, 0.3) is 10.8 Å². The van der Waals surface area contributed by atoms with Crippen LogP contribution in [0.4, 0.5) is 0 Å². The van der Waals surface area contributed by atoms with E-state index in [1.165, 1.54) is 0 Å². The summed E-state index contributed by atoms with van der Waals surface area (Å²) < 4.78 is 6.19. The van der Waals surface area contributed by atoms with Gasteiger partial charge in [0.15, 0.2) is 0 Å². The van der Waals surface area contributed by atoms with Gasteiger partial charge in [0.2, 0.25) is 11.8 Å². The van der Waals surface area contributed by atoms with Crippen LogP contribution in [0.3, 0.4) is 0 Å². The van der Waals surface area contributed by atoms with Crippen LogP contribution >= 0.6 is 0 Å². The maximum atomic E-state index is 11.7. The van der Waals surface area contributed by atoms with E-state index >= 15 is 0 Å². The minimum absolute atomic E-state index is 0.272. The summed E-state index contributed by atoms with van der Waals surface area (Å²) in [6.45, 7) is 3.74. The third kappa shape index (κ3) is 8.18. The Morgan fingerprint density at radius 2 is 1.97 bits per heavy atom. The number of nitrogens with zero attached hydrogens (tertiary/aromatic N) is 1. The lowest BCUT2D eigenvalue weighted by atomic mass is 10.1. The fourth-order valence-corrected chi connectivity index (χ4v) is 4.05. The molecule has 1 heterocycles. The number of benzene rings is 2.